The minimum absolute atomic E-state index is 0.00786. The predicted octanol–water partition coefficient (Wildman–Crippen LogP) is 3.90. The van der Waals surface area contributed by atoms with Crippen molar-refractivity contribution in [1.82, 2.24) is 10.6 Å². The monoisotopic (exact) mass is 403 g/mol. The first-order valence-electron chi connectivity index (χ1n) is 10.6. The molecular weight excluding hydrogens is 370 g/mol. The van der Waals surface area contributed by atoms with Gasteiger partial charge < -0.3 is 20.1 Å². The molecule has 1 atom stereocenters. The highest BCUT2D eigenvalue weighted by atomic mass is 32.2. The molecule has 1 spiro atoms. The largest absolute Gasteiger partial charge is 0.487 e. The molecule has 1 unspecified atom stereocenters. The Morgan fingerprint density at radius 3 is 2.64 bits per heavy atom. The van der Waals surface area contributed by atoms with Gasteiger partial charge in [0.15, 0.2) is 5.96 Å². The topological polar surface area (TPSA) is 54.9 Å². The summed E-state index contributed by atoms with van der Waals surface area (Å²) >= 11 is 1.95. The highest BCUT2D eigenvalue weighted by Crippen LogP contribution is 2.47. The summed E-state index contributed by atoms with van der Waals surface area (Å²) in [7, 11) is 1.86. The zero-order valence-corrected chi connectivity index (χ0v) is 17.9. The summed E-state index contributed by atoms with van der Waals surface area (Å²) in [5.41, 5.74) is 1.24. The number of ether oxygens (including phenoxy) is 2. The normalized spacial score (nSPS) is 25.8. The molecule has 1 saturated heterocycles. The third-order valence-corrected chi connectivity index (χ3v) is 8.08. The van der Waals surface area contributed by atoms with Crippen molar-refractivity contribution >= 4 is 17.7 Å². The van der Waals surface area contributed by atoms with Crippen LogP contribution in [-0.2, 0) is 4.74 Å². The van der Waals surface area contributed by atoms with E-state index >= 15 is 0 Å². The van der Waals surface area contributed by atoms with E-state index in [4.69, 9.17) is 9.47 Å². The number of thioether (sulfide) groups is 1. The molecule has 5 nitrogen and oxygen atoms in total. The standard InChI is InChI=1S/C22H33N3O2S/c1-23-20(24-16-22(28-2)11-13-26-14-12-22)25-18-15-21(9-5-6-10-21)27-19-8-4-3-7-17(18)19/h3-4,7-8,18H,5-6,9-16H2,1-2H3,(H2,23,24,25). The van der Waals surface area contributed by atoms with E-state index < -0.39 is 0 Å². The second-order valence-electron chi connectivity index (χ2n) is 8.36. The van der Waals surface area contributed by atoms with Gasteiger partial charge in [-0.1, -0.05) is 18.2 Å². The van der Waals surface area contributed by atoms with E-state index in [1.165, 1.54) is 18.4 Å². The summed E-state index contributed by atoms with van der Waals surface area (Å²) in [4.78, 5) is 4.53. The minimum atomic E-state index is -0.00786. The van der Waals surface area contributed by atoms with Gasteiger partial charge in [-0.3, -0.25) is 4.99 Å². The molecule has 0 radical (unpaired) electrons. The lowest BCUT2D eigenvalue weighted by molar-refractivity contribution is 0.0395. The fourth-order valence-corrected chi connectivity index (χ4v) is 5.66. The van der Waals surface area contributed by atoms with Gasteiger partial charge in [0.25, 0.3) is 0 Å². The third kappa shape index (κ3) is 4.13. The Labute approximate surface area is 173 Å². The molecule has 1 aromatic carbocycles. The van der Waals surface area contributed by atoms with E-state index in [2.05, 4.69) is 46.1 Å². The van der Waals surface area contributed by atoms with Crippen molar-refractivity contribution in [2.75, 3.05) is 33.1 Å². The maximum atomic E-state index is 6.50. The van der Waals surface area contributed by atoms with E-state index in [1.54, 1.807) is 0 Å². The summed E-state index contributed by atoms with van der Waals surface area (Å²) in [5.74, 6) is 1.92. The lowest BCUT2D eigenvalue weighted by atomic mass is 9.86. The van der Waals surface area contributed by atoms with Crippen LogP contribution in [0.4, 0.5) is 0 Å². The van der Waals surface area contributed by atoms with Crippen LogP contribution >= 0.6 is 11.8 Å². The number of guanidine groups is 1. The molecule has 0 bridgehead atoms. The van der Waals surface area contributed by atoms with Crippen LogP contribution in [-0.4, -0.2) is 49.4 Å². The zero-order chi connectivity index (χ0) is 19.5. The molecule has 28 heavy (non-hydrogen) atoms. The third-order valence-electron chi connectivity index (χ3n) is 6.66. The van der Waals surface area contributed by atoms with Crippen LogP contribution in [0.15, 0.2) is 29.3 Å². The fourth-order valence-electron chi connectivity index (χ4n) is 4.87. The van der Waals surface area contributed by atoms with E-state index in [-0.39, 0.29) is 16.4 Å². The highest BCUT2D eigenvalue weighted by molar-refractivity contribution is 8.00. The van der Waals surface area contributed by atoms with Gasteiger partial charge in [-0.05, 0) is 50.8 Å². The summed E-state index contributed by atoms with van der Waals surface area (Å²) < 4.78 is 12.3. The first kappa shape index (κ1) is 19.9. The van der Waals surface area contributed by atoms with Crippen LogP contribution < -0.4 is 15.4 Å². The number of aliphatic imine (C=N–C) groups is 1. The lowest BCUT2D eigenvalue weighted by Gasteiger charge is -2.41. The molecule has 2 heterocycles. The molecule has 3 aliphatic rings. The van der Waals surface area contributed by atoms with E-state index in [0.717, 1.165) is 63.6 Å². The summed E-state index contributed by atoms with van der Waals surface area (Å²) in [6.07, 6.45) is 10.2. The summed E-state index contributed by atoms with van der Waals surface area (Å²) in [5, 5.41) is 7.32. The van der Waals surface area contributed by atoms with Crippen LogP contribution in [0.5, 0.6) is 5.75 Å². The number of hydrogen-bond donors (Lipinski definition) is 2. The molecule has 154 valence electrons. The SMILES string of the molecule is CN=C(NCC1(SC)CCOCC1)NC1CC2(CCCC2)Oc2ccccc21. The number of rotatable bonds is 4. The number of fused-ring (bicyclic) bond motifs is 1. The number of para-hydroxylation sites is 1. The van der Waals surface area contributed by atoms with Crippen LogP contribution in [0.1, 0.15) is 56.6 Å². The highest BCUT2D eigenvalue weighted by Gasteiger charge is 2.43. The molecule has 2 fully saturated rings. The Hall–Kier alpha value is -1.40. The second kappa shape index (κ2) is 8.54. The predicted molar refractivity (Wildman–Crippen MR) is 116 cm³/mol. The van der Waals surface area contributed by atoms with Gasteiger partial charge in [0, 0.05) is 43.5 Å². The van der Waals surface area contributed by atoms with Gasteiger partial charge in [-0.25, -0.2) is 0 Å². The van der Waals surface area contributed by atoms with Gasteiger partial charge in [-0.2, -0.15) is 11.8 Å². The summed E-state index contributed by atoms with van der Waals surface area (Å²) in [6.45, 7) is 2.61. The van der Waals surface area contributed by atoms with Crippen molar-refractivity contribution in [1.29, 1.82) is 0 Å². The smallest absolute Gasteiger partial charge is 0.191 e. The minimum Gasteiger partial charge on any atom is -0.487 e. The molecule has 0 amide bonds. The molecule has 2 N–H and O–H groups in total. The van der Waals surface area contributed by atoms with E-state index in [1.807, 2.05) is 18.8 Å². The molecule has 1 aliphatic carbocycles. The molecule has 1 saturated carbocycles. The molecule has 6 heteroatoms. The Morgan fingerprint density at radius 1 is 1.18 bits per heavy atom. The average Bonchev–Trinajstić information content (AvgIpc) is 3.19. The molecule has 4 rings (SSSR count). The van der Waals surface area contributed by atoms with Crippen molar-refractivity contribution in [3.8, 4) is 5.75 Å². The molecular formula is C22H33N3O2S. The van der Waals surface area contributed by atoms with Gasteiger partial charge in [0.05, 0.1) is 6.04 Å². The Bertz CT molecular complexity index is 697. The Morgan fingerprint density at radius 2 is 1.93 bits per heavy atom. The van der Waals surface area contributed by atoms with Crippen LogP contribution in [0.2, 0.25) is 0 Å². The van der Waals surface area contributed by atoms with Crippen molar-refractivity contribution in [2.24, 2.45) is 4.99 Å². The van der Waals surface area contributed by atoms with Gasteiger partial charge in [0.2, 0.25) is 0 Å². The van der Waals surface area contributed by atoms with Crippen molar-refractivity contribution in [3.05, 3.63) is 29.8 Å². The van der Waals surface area contributed by atoms with Gasteiger partial charge >= 0.3 is 0 Å². The van der Waals surface area contributed by atoms with Gasteiger partial charge in [0.1, 0.15) is 11.4 Å². The van der Waals surface area contributed by atoms with Crippen molar-refractivity contribution < 1.29 is 9.47 Å². The molecule has 0 aromatic heterocycles. The van der Waals surface area contributed by atoms with E-state index in [9.17, 15) is 0 Å². The lowest BCUT2D eigenvalue weighted by Crippen LogP contribution is -2.50. The number of benzene rings is 1. The maximum Gasteiger partial charge on any atom is 0.191 e. The molecule has 2 aliphatic heterocycles. The number of nitrogens with one attached hydrogen (secondary N) is 2. The number of nitrogens with zero attached hydrogens (tertiary/aromatic N) is 1. The van der Waals surface area contributed by atoms with Crippen LogP contribution in [0.3, 0.4) is 0 Å². The van der Waals surface area contributed by atoms with Crippen LogP contribution in [0.25, 0.3) is 0 Å². The quantitative estimate of drug-likeness (QED) is 0.590. The Kier molecular flexibility index (Phi) is 6.07. The van der Waals surface area contributed by atoms with Gasteiger partial charge in [-0.15, -0.1) is 0 Å². The first-order valence-corrected chi connectivity index (χ1v) is 11.8. The summed E-state index contributed by atoms with van der Waals surface area (Å²) in [6, 6.07) is 8.71. The van der Waals surface area contributed by atoms with Crippen molar-refractivity contribution in [3.63, 3.8) is 0 Å². The van der Waals surface area contributed by atoms with E-state index in [0.29, 0.717) is 0 Å². The Balaban J connectivity index is 1.46. The number of hydrogen-bond acceptors (Lipinski definition) is 4. The zero-order valence-electron chi connectivity index (χ0n) is 17.1. The fraction of sp³-hybridized carbons (Fsp3) is 0.682. The second-order valence-corrected chi connectivity index (χ2v) is 9.63. The van der Waals surface area contributed by atoms with Crippen molar-refractivity contribution in [2.45, 2.75) is 61.3 Å². The molecule has 1 aromatic rings. The van der Waals surface area contributed by atoms with Crippen LogP contribution in [0, 0.1) is 0 Å². The maximum absolute atomic E-state index is 6.50. The first-order chi connectivity index (χ1) is 13.7. The average molecular weight is 404 g/mol.